The summed E-state index contributed by atoms with van der Waals surface area (Å²) in [4.78, 5) is 0.0653. The smallest absolute Gasteiger partial charge is 0.198 e. The van der Waals surface area contributed by atoms with Crippen LogP contribution in [0.2, 0.25) is 5.02 Å². The summed E-state index contributed by atoms with van der Waals surface area (Å²) in [6.45, 7) is 6.21. The standard InChI is InChI=1S/C15H18ClNO2S/c1-14(2,3)11-8-15(9-11,10-17)20(18,19)13-7-5-4-6-12(13)16/h4-7,11H,8-9H2,1-3H3. The number of halogens is 1. The molecule has 1 saturated carbocycles. The predicted octanol–water partition coefficient (Wildman–Crippen LogP) is 3.83. The van der Waals surface area contributed by atoms with E-state index in [1.54, 1.807) is 18.2 Å². The van der Waals surface area contributed by atoms with Gasteiger partial charge in [0.2, 0.25) is 0 Å². The average molecular weight is 312 g/mol. The van der Waals surface area contributed by atoms with Crippen molar-refractivity contribution >= 4 is 21.4 Å². The van der Waals surface area contributed by atoms with E-state index in [2.05, 4.69) is 20.8 Å². The second kappa shape index (κ2) is 4.75. The van der Waals surface area contributed by atoms with Crippen LogP contribution in [0.1, 0.15) is 33.6 Å². The highest BCUT2D eigenvalue weighted by Crippen LogP contribution is 2.53. The summed E-state index contributed by atoms with van der Waals surface area (Å²) < 4.78 is 24.2. The highest BCUT2D eigenvalue weighted by atomic mass is 35.5. The van der Waals surface area contributed by atoms with E-state index in [0.717, 1.165) is 0 Å². The fourth-order valence-corrected chi connectivity index (χ4v) is 5.00. The second-order valence-corrected chi connectivity index (χ2v) is 9.15. The molecule has 0 bridgehead atoms. The molecule has 0 heterocycles. The van der Waals surface area contributed by atoms with Gasteiger partial charge in [-0.2, -0.15) is 5.26 Å². The Balaban J connectivity index is 2.41. The van der Waals surface area contributed by atoms with E-state index in [0.29, 0.717) is 12.8 Å². The molecule has 2 rings (SSSR count). The number of benzene rings is 1. The summed E-state index contributed by atoms with van der Waals surface area (Å²) in [6.07, 6.45) is 0.751. The summed E-state index contributed by atoms with van der Waals surface area (Å²) in [5.41, 5.74) is 0.0103. The molecule has 0 spiro atoms. The summed E-state index contributed by atoms with van der Waals surface area (Å²) in [7, 11) is -3.73. The molecule has 0 N–H and O–H groups in total. The van der Waals surface area contributed by atoms with Gasteiger partial charge in [0.15, 0.2) is 14.6 Å². The van der Waals surface area contributed by atoms with Crippen LogP contribution in [0.5, 0.6) is 0 Å². The molecule has 1 aromatic carbocycles. The zero-order valence-electron chi connectivity index (χ0n) is 11.9. The van der Waals surface area contributed by atoms with Crippen molar-refractivity contribution in [3.05, 3.63) is 29.3 Å². The van der Waals surface area contributed by atoms with Gasteiger partial charge in [0.25, 0.3) is 0 Å². The van der Waals surface area contributed by atoms with E-state index in [-0.39, 0.29) is 21.3 Å². The fraction of sp³-hybridized carbons (Fsp3) is 0.533. The quantitative estimate of drug-likeness (QED) is 0.834. The summed E-state index contributed by atoms with van der Waals surface area (Å²) >= 11 is 5.99. The molecule has 1 aliphatic carbocycles. The minimum Gasteiger partial charge on any atom is -0.222 e. The van der Waals surface area contributed by atoms with Crippen molar-refractivity contribution in [1.29, 1.82) is 5.26 Å². The van der Waals surface area contributed by atoms with Gasteiger partial charge < -0.3 is 0 Å². The summed E-state index contributed by atoms with van der Waals surface area (Å²) in [6, 6.07) is 8.36. The largest absolute Gasteiger partial charge is 0.222 e. The maximum Gasteiger partial charge on any atom is 0.198 e. The Morgan fingerprint density at radius 3 is 2.30 bits per heavy atom. The van der Waals surface area contributed by atoms with Gasteiger partial charge >= 0.3 is 0 Å². The zero-order chi connectivity index (χ0) is 15.2. The van der Waals surface area contributed by atoms with Crippen LogP contribution in [0.3, 0.4) is 0 Å². The van der Waals surface area contributed by atoms with Gasteiger partial charge in [0.05, 0.1) is 16.0 Å². The van der Waals surface area contributed by atoms with Crippen LogP contribution in [-0.2, 0) is 9.84 Å². The Morgan fingerprint density at radius 2 is 1.85 bits per heavy atom. The number of hydrogen-bond acceptors (Lipinski definition) is 3. The van der Waals surface area contributed by atoms with Gasteiger partial charge in [-0.15, -0.1) is 0 Å². The van der Waals surface area contributed by atoms with E-state index < -0.39 is 14.6 Å². The van der Waals surface area contributed by atoms with Gasteiger partial charge in [-0.25, -0.2) is 8.42 Å². The Morgan fingerprint density at radius 1 is 1.30 bits per heavy atom. The van der Waals surface area contributed by atoms with Crippen LogP contribution in [0.15, 0.2) is 29.2 Å². The predicted molar refractivity (Wildman–Crippen MR) is 79.2 cm³/mol. The molecule has 20 heavy (non-hydrogen) atoms. The van der Waals surface area contributed by atoms with Crippen molar-refractivity contribution in [1.82, 2.24) is 0 Å². The van der Waals surface area contributed by atoms with E-state index in [4.69, 9.17) is 11.6 Å². The number of hydrogen-bond donors (Lipinski definition) is 0. The molecule has 0 saturated heterocycles. The molecule has 0 unspecified atom stereocenters. The molecule has 1 aliphatic rings. The van der Waals surface area contributed by atoms with Gasteiger partial charge in [0.1, 0.15) is 0 Å². The number of sulfone groups is 1. The Kier molecular flexibility index (Phi) is 3.64. The van der Waals surface area contributed by atoms with Crippen LogP contribution < -0.4 is 0 Å². The molecule has 0 radical (unpaired) electrons. The van der Waals surface area contributed by atoms with E-state index >= 15 is 0 Å². The van der Waals surface area contributed by atoms with Crippen molar-refractivity contribution in [2.24, 2.45) is 11.3 Å². The summed E-state index contributed by atoms with van der Waals surface area (Å²) in [5, 5.41) is 9.62. The third kappa shape index (κ3) is 2.23. The van der Waals surface area contributed by atoms with E-state index in [1.807, 2.05) is 6.07 Å². The van der Waals surface area contributed by atoms with Crippen LogP contribution in [0.25, 0.3) is 0 Å². The van der Waals surface area contributed by atoms with Crippen molar-refractivity contribution in [2.45, 2.75) is 43.3 Å². The fourth-order valence-electron chi connectivity index (χ4n) is 2.59. The normalized spacial score (nSPS) is 26.6. The number of nitrogens with zero attached hydrogens (tertiary/aromatic N) is 1. The van der Waals surface area contributed by atoms with Crippen molar-refractivity contribution < 1.29 is 8.42 Å². The maximum absolute atomic E-state index is 12.8. The lowest BCUT2D eigenvalue weighted by molar-refractivity contribution is 0.117. The average Bonchev–Trinajstić information content (AvgIpc) is 2.26. The lowest BCUT2D eigenvalue weighted by atomic mass is 9.63. The molecule has 1 aromatic rings. The third-order valence-corrected chi connectivity index (χ3v) is 7.05. The first-order valence-corrected chi connectivity index (χ1v) is 8.40. The van der Waals surface area contributed by atoms with Crippen LogP contribution in [0, 0.1) is 22.7 Å². The Hall–Kier alpha value is -1.05. The molecule has 5 heteroatoms. The molecular formula is C15H18ClNO2S. The maximum atomic E-state index is 12.8. The topological polar surface area (TPSA) is 57.9 Å². The lowest BCUT2D eigenvalue weighted by Gasteiger charge is -2.48. The molecule has 0 aromatic heterocycles. The molecule has 108 valence electrons. The molecular weight excluding hydrogens is 294 g/mol. The minimum absolute atomic E-state index is 0.0103. The monoisotopic (exact) mass is 311 g/mol. The minimum atomic E-state index is -3.73. The van der Waals surface area contributed by atoms with E-state index in [1.165, 1.54) is 6.07 Å². The first-order chi connectivity index (χ1) is 9.14. The summed E-state index contributed by atoms with van der Waals surface area (Å²) in [5.74, 6) is 0.236. The molecule has 1 fully saturated rings. The second-order valence-electron chi connectivity index (χ2n) is 6.51. The number of rotatable bonds is 2. The SMILES string of the molecule is CC(C)(C)C1CC(C#N)(S(=O)(=O)c2ccccc2Cl)C1. The van der Waals surface area contributed by atoms with Crippen LogP contribution in [-0.4, -0.2) is 13.2 Å². The first kappa shape index (κ1) is 15.3. The molecule has 0 aliphatic heterocycles. The third-order valence-electron chi connectivity index (χ3n) is 4.22. The van der Waals surface area contributed by atoms with Gasteiger partial charge in [-0.05, 0) is 36.3 Å². The van der Waals surface area contributed by atoms with Crippen molar-refractivity contribution in [2.75, 3.05) is 0 Å². The highest BCUT2D eigenvalue weighted by molar-refractivity contribution is 7.93. The van der Waals surface area contributed by atoms with Crippen molar-refractivity contribution in [3.63, 3.8) is 0 Å². The van der Waals surface area contributed by atoms with Crippen LogP contribution >= 0.6 is 11.6 Å². The Bertz CT molecular complexity index is 662. The molecule has 3 nitrogen and oxygen atoms in total. The molecule has 0 atom stereocenters. The van der Waals surface area contributed by atoms with Gasteiger partial charge in [-0.3, -0.25) is 0 Å². The zero-order valence-corrected chi connectivity index (χ0v) is 13.4. The molecule has 0 amide bonds. The van der Waals surface area contributed by atoms with Gasteiger partial charge in [-0.1, -0.05) is 44.5 Å². The lowest BCUT2D eigenvalue weighted by Crippen LogP contribution is -2.52. The van der Waals surface area contributed by atoms with E-state index in [9.17, 15) is 13.7 Å². The number of nitriles is 1. The van der Waals surface area contributed by atoms with Crippen LogP contribution in [0.4, 0.5) is 0 Å². The van der Waals surface area contributed by atoms with Gasteiger partial charge in [0, 0.05) is 0 Å². The highest BCUT2D eigenvalue weighted by Gasteiger charge is 2.58. The van der Waals surface area contributed by atoms with Crippen molar-refractivity contribution in [3.8, 4) is 6.07 Å². The first-order valence-electron chi connectivity index (χ1n) is 6.54. The Labute approximate surface area is 125 Å².